The van der Waals surface area contributed by atoms with E-state index in [4.69, 9.17) is 5.11 Å². The lowest BCUT2D eigenvalue weighted by atomic mass is 9.99. The zero-order valence-corrected chi connectivity index (χ0v) is 11.5. The largest absolute Gasteiger partial charge is 0.481 e. The molecule has 5 nitrogen and oxygen atoms in total. The van der Waals surface area contributed by atoms with Crippen LogP contribution in [0.3, 0.4) is 0 Å². The maximum atomic E-state index is 11.2. The predicted molar refractivity (Wildman–Crippen MR) is 71.6 cm³/mol. The minimum Gasteiger partial charge on any atom is -0.481 e. The molecule has 0 saturated carbocycles. The van der Waals surface area contributed by atoms with E-state index < -0.39 is 11.9 Å². The Morgan fingerprint density at radius 2 is 2.05 bits per heavy atom. The van der Waals surface area contributed by atoms with Crippen LogP contribution in [0.15, 0.2) is 18.3 Å². The number of pyridine rings is 1. The Kier molecular flexibility index (Phi) is 3.38. The standard InChI is InChI=1S/C14H17N3O2/c1-8-5-6-15-12(7-8)17-11(4)13(10(3)16-17)9(2)14(18)19/h5-7,9H,1-4H3,(H,18,19). The summed E-state index contributed by atoms with van der Waals surface area (Å²) >= 11 is 0. The highest BCUT2D eigenvalue weighted by Gasteiger charge is 2.23. The summed E-state index contributed by atoms with van der Waals surface area (Å²) in [5, 5.41) is 13.6. The Balaban J connectivity index is 2.56. The third-order valence-corrected chi connectivity index (χ3v) is 3.27. The molecule has 1 N–H and O–H groups in total. The number of carbonyl (C=O) groups is 1. The SMILES string of the molecule is Cc1ccnc(-n2nc(C)c(C(C)C(=O)O)c2C)c1. The van der Waals surface area contributed by atoms with Crippen LogP contribution in [-0.2, 0) is 4.79 Å². The van der Waals surface area contributed by atoms with Crippen molar-refractivity contribution in [3.05, 3.63) is 40.8 Å². The van der Waals surface area contributed by atoms with E-state index in [0.29, 0.717) is 5.82 Å². The number of carboxylic acids is 1. The van der Waals surface area contributed by atoms with Crippen molar-refractivity contribution in [2.75, 3.05) is 0 Å². The van der Waals surface area contributed by atoms with Gasteiger partial charge in [0.1, 0.15) is 0 Å². The van der Waals surface area contributed by atoms with Crippen LogP contribution in [0.5, 0.6) is 0 Å². The van der Waals surface area contributed by atoms with Gasteiger partial charge in [0.2, 0.25) is 0 Å². The second-order valence-electron chi connectivity index (χ2n) is 4.75. The molecule has 0 amide bonds. The van der Waals surface area contributed by atoms with E-state index in [1.54, 1.807) is 17.8 Å². The third kappa shape index (κ3) is 2.36. The molecule has 2 aromatic heterocycles. The molecule has 0 aromatic carbocycles. The Morgan fingerprint density at radius 3 is 2.63 bits per heavy atom. The lowest BCUT2D eigenvalue weighted by molar-refractivity contribution is -0.138. The van der Waals surface area contributed by atoms with Gasteiger partial charge in [0.05, 0.1) is 11.6 Å². The van der Waals surface area contributed by atoms with E-state index in [-0.39, 0.29) is 0 Å². The maximum Gasteiger partial charge on any atom is 0.310 e. The summed E-state index contributed by atoms with van der Waals surface area (Å²) in [5.74, 6) is -0.703. The van der Waals surface area contributed by atoms with Gasteiger partial charge in [-0.25, -0.2) is 9.67 Å². The fraction of sp³-hybridized carbons (Fsp3) is 0.357. The third-order valence-electron chi connectivity index (χ3n) is 3.27. The zero-order valence-electron chi connectivity index (χ0n) is 11.5. The van der Waals surface area contributed by atoms with Crippen molar-refractivity contribution in [2.45, 2.75) is 33.6 Å². The molecule has 19 heavy (non-hydrogen) atoms. The molecule has 2 aromatic rings. The molecule has 0 aliphatic heterocycles. The first-order chi connectivity index (χ1) is 8.91. The molecule has 5 heteroatoms. The normalized spacial score (nSPS) is 12.4. The van der Waals surface area contributed by atoms with Gasteiger partial charge >= 0.3 is 5.97 Å². The first kappa shape index (κ1) is 13.3. The summed E-state index contributed by atoms with van der Waals surface area (Å²) in [6.07, 6.45) is 1.72. The van der Waals surface area contributed by atoms with E-state index >= 15 is 0 Å². The first-order valence-corrected chi connectivity index (χ1v) is 6.13. The topological polar surface area (TPSA) is 68.0 Å². The summed E-state index contributed by atoms with van der Waals surface area (Å²) in [5.41, 5.74) is 3.40. The molecule has 2 heterocycles. The second-order valence-corrected chi connectivity index (χ2v) is 4.75. The number of hydrogen-bond donors (Lipinski definition) is 1. The monoisotopic (exact) mass is 259 g/mol. The Labute approximate surface area is 111 Å². The molecule has 0 bridgehead atoms. The smallest absolute Gasteiger partial charge is 0.310 e. The van der Waals surface area contributed by atoms with E-state index in [1.165, 1.54) is 0 Å². The number of aryl methyl sites for hydroxylation is 2. The van der Waals surface area contributed by atoms with Gasteiger partial charge in [-0.2, -0.15) is 5.10 Å². The molecule has 0 saturated heterocycles. The number of carboxylic acid groups (broad SMARTS) is 1. The number of aliphatic carboxylic acids is 1. The van der Waals surface area contributed by atoms with E-state index in [1.807, 2.05) is 32.9 Å². The van der Waals surface area contributed by atoms with Crippen molar-refractivity contribution in [2.24, 2.45) is 0 Å². The van der Waals surface area contributed by atoms with Crippen molar-refractivity contribution in [1.29, 1.82) is 0 Å². The van der Waals surface area contributed by atoms with Crippen LogP contribution in [0, 0.1) is 20.8 Å². The lowest BCUT2D eigenvalue weighted by Crippen LogP contribution is -2.10. The second kappa shape index (κ2) is 4.84. The first-order valence-electron chi connectivity index (χ1n) is 6.13. The molecular weight excluding hydrogens is 242 g/mol. The molecule has 0 aliphatic rings. The van der Waals surface area contributed by atoms with E-state index in [2.05, 4.69) is 10.1 Å². The fourth-order valence-electron chi connectivity index (χ4n) is 2.26. The summed E-state index contributed by atoms with van der Waals surface area (Å²) < 4.78 is 1.71. The van der Waals surface area contributed by atoms with Crippen LogP contribution in [0.4, 0.5) is 0 Å². The van der Waals surface area contributed by atoms with Crippen molar-refractivity contribution < 1.29 is 9.90 Å². The van der Waals surface area contributed by atoms with Crippen molar-refractivity contribution >= 4 is 5.97 Å². The average molecular weight is 259 g/mol. The molecule has 0 aliphatic carbocycles. The quantitative estimate of drug-likeness (QED) is 0.918. The van der Waals surface area contributed by atoms with Gasteiger partial charge in [-0.15, -0.1) is 0 Å². The summed E-state index contributed by atoms with van der Waals surface area (Å²) in [6, 6.07) is 3.84. The molecule has 100 valence electrons. The molecule has 2 rings (SSSR count). The van der Waals surface area contributed by atoms with Crippen molar-refractivity contribution in [3.63, 3.8) is 0 Å². The predicted octanol–water partition coefficient (Wildman–Crippen LogP) is 2.38. The summed E-state index contributed by atoms with van der Waals surface area (Å²) in [6.45, 7) is 7.36. The number of nitrogens with zero attached hydrogens (tertiary/aromatic N) is 3. The molecule has 1 unspecified atom stereocenters. The highest BCUT2D eigenvalue weighted by atomic mass is 16.4. The Morgan fingerprint density at radius 1 is 1.37 bits per heavy atom. The zero-order chi connectivity index (χ0) is 14.2. The Bertz CT molecular complexity index is 632. The highest BCUT2D eigenvalue weighted by Crippen LogP contribution is 2.25. The molecular formula is C14H17N3O2. The van der Waals surface area contributed by atoms with Gasteiger partial charge < -0.3 is 5.11 Å². The lowest BCUT2D eigenvalue weighted by Gasteiger charge is -2.08. The van der Waals surface area contributed by atoms with E-state index in [9.17, 15) is 4.79 Å². The van der Waals surface area contributed by atoms with Gasteiger partial charge in [-0.1, -0.05) is 0 Å². The highest BCUT2D eigenvalue weighted by molar-refractivity contribution is 5.76. The van der Waals surface area contributed by atoms with Gasteiger partial charge in [0, 0.05) is 17.5 Å². The van der Waals surface area contributed by atoms with Crippen molar-refractivity contribution in [3.8, 4) is 5.82 Å². The molecule has 1 atom stereocenters. The fourth-order valence-corrected chi connectivity index (χ4v) is 2.26. The minimum absolute atomic E-state index is 0.571. The number of rotatable bonds is 3. The van der Waals surface area contributed by atoms with Crippen LogP contribution in [0.2, 0.25) is 0 Å². The summed E-state index contributed by atoms with van der Waals surface area (Å²) in [4.78, 5) is 15.4. The van der Waals surface area contributed by atoms with Crippen LogP contribution >= 0.6 is 0 Å². The van der Waals surface area contributed by atoms with Crippen molar-refractivity contribution in [1.82, 2.24) is 14.8 Å². The van der Waals surface area contributed by atoms with Gasteiger partial charge in [0.15, 0.2) is 5.82 Å². The molecule has 0 spiro atoms. The number of aromatic nitrogens is 3. The van der Waals surface area contributed by atoms with Crippen LogP contribution in [0.1, 0.15) is 35.4 Å². The molecule has 0 radical (unpaired) electrons. The Hall–Kier alpha value is -2.17. The van der Waals surface area contributed by atoms with Crippen LogP contribution in [-0.4, -0.2) is 25.8 Å². The van der Waals surface area contributed by atoms with E-state index in [0.717, 1.165) is 22.5 Å². The van der Waals surface area contributed by atoms with Gasteiger partial charge in [-0.05, 0) is 45.4 Å². The van der Waals surface area contributed by atoms with Gasteiger partial charge in [0.25, 0.3) is 0 Å². The van der Waals surface area contributed by atoms with Crippen LogP contribution in [0.25, 0.3) is 5.82 Å². The molecule has 0 fully saturated rings. The number of hydrogen-bond acceptors (Lipinski definition) is 3. The van der Waals surface area contributed by atoms with Gasteiger partial charge in [-0.3, -0.25) is 4.79 Å². The summed E-state index contributed by atoms with van der Waals surface area (Å²) in [7, 11) is 0. The average Bonchev–Trinajstić information content (AvgIpc) is 2.64. The van der Waals surface area contributed by atoms with Crippen LogP contribution < -0.4 is 0 Å². The minimum atomic E-state index is -0.844. The maximum absolute atomic E-state index is 11.2.